The first-order valence-corrected chi connectivity index (χ1v) is 10.2. The standard InChI is InChI=1S/C26H18FN3O3/c1-33-25-18(6-4-7-21(25)27)16-10-9-15-12-23(28-14-17(15)11-16)30-26(32)20-13-24(31)29-22-8-3-2-5-19(20)22/h2-14H,1H3,(H,29,31)(H,28,30,32). The van der Waals surface area contributed by atoms with Crippen LogP contribution in [0.4, 0.5) is 10.2 Å². The van der Waals surface area contributed by atoms with E-state index in [1.165, 1.54) is 19.2 Å². The highest BCUT2D eigenvalue weighted by Gasteiger charge is 2.14. The van der Waals surface area contributed by atoms with Gasteiger partial charge in [-0.15, -0.1) is 0 Å². The van der Waals surface area contributed by atoms with E-state index in [4.69, 9.17) is 4.74 Å². The Bertz CT molecular complexity index is 1590. The molecule has 0 saturated heterocycles. The molecule has 0 fully saturated rings. The lowest BCUT2D eigenvalue weighted by molar-refractivity contribution is 0.102. The van der Waals surface area contributed by atoms with Crippen molar-refractivity contribution in [1.29, 1.82) is 0 Å². The minimum absolute atomic E-state index is 0.179. The van der Waals surface area contributed by atoms with E-state index < -0.39 is 11.7 Å². The van der Waals surface area contributed by atoms with E-state index in [0.29, 0.717) is 22.3 Å². The lowest BCUT2D eigenvalue weighted by Crippen LogP contribution is -2.17. The molecule has 5 rings (SSSR count). The zero-order chi connectivity index (χ0) is 22.9. The molecule has 7 heteroatoms. The SMILES string of the molecule is COc1c(F)cccc1-c1ccc2cc(NC(=O)c3cc(=O)[nH]c4ccccc34)ncc2c1. The van der Waals surface area contributed by atoms with Crippen molar-refractivity contribution in [2.45, 2.75) is 0 Å². The molecule has 0 saturated carbocycles. The molecule has 2 aromatic heterocycles. The van der Waals surface area contributed by atoms with Crippen molar-refractivity contribution >= 4 is 33.4 Å². The Kier molecular flexibility index (Phi) is 5.06. The summed E-state index contributed by atoms with van der Waals surface area (Å²) in [5.41, 5.74) is 1.92. The Morgan fingerprint density at radius 3 is 2.70 bits per heavy atom. The maximum absolute atomic E-state index is 14.1. The molecule has 162 valence electrons. The first kappa shape index (κ1) is 20.4. The number of halogens is 1. The summed E-state index contributed by atoms with van der Waals surface area (Å²) < 4.78 is 19.3. The molecule has 6 nitrogen and oxygen atoms in total. The number of fused-ring (bicyclic) bond motifs is 2. The summed E-state index contributed by atoms with van der Waals surface area (Å²) in [6.45, 7) is 0. The van der Waals surface area contributed by atoms with Gasteiger partial charge in [0.15, 0.2) is 11.6 Å². The number of methoxy groups -OCH3 is 1. The fourth-order valence-corrected chi connectivity index (χ4v) is 3.90. The first-order chi connectivity index (χ1) is 16.0. The van der Waals surface area contributed by atoms with Gasteiger partial charge < -0.3 is 15.0 Å². The second kappa shape index (κ2) is 8.20. The molecular formula is C26H18FN3O3. The number of aromatic amines is 1. The average Bonchev–Trinajstić information content (AvgIpc) is 2.83. The van der Waals surface area contributed by atoms with Crippen LogP contribution in [0.1, 0.15) is 10.4 Å². The van der Waals surface area contributed by atoms with Gasteiger partial charge in [0.05, 0.1) is 12.7 Å². The van der Waals surface area contributed by atoms with Gasteiger partial charge in [0, 0.05) is 34.1 Å². The summed E-state index contributed by atoms with van der Waals surface area (Å²) in [4.78, 5) is 31.9. The number of amides is 1. The van der Waals surface area contributed by atoms with Gasteiger partial charge in [-0.1, -0.05) is 42.5 Å². The average molecular weight is 439 g/mol. The molecule has 2 N–H and O–H groups in total. The van der Waals surface area contributed by atoms with Crippen molar-refractivity contribution < 1.29 is 13.9 Å². The summed E-state index contributed by atoms with van der Waals surface area (Å²) in [7, 11) is 1.43. The van der Waals surface area contributed by atoms with Crippen molar-refractivity contribution in [2.75, 3.05) is 12.4 Å². The highest BCUT2D eigenvalue weighted by Crippen LogP contribution is 2.34. The molecule has 0 atom stereocenters. The third kappa shape index (κ3) is 3.80. The summed E-state index contributed by atoms with van der Waals surface area (Å²) in [6, 6.07) is 20.5. The number of para-hydroxylation sites is 2. The van der Waals surface area contributed by atoms with Crippen LogP contribution in [0.5, 0.6) is 5.75 Å². The van der Waals surface area contributed by atoms with E-state index in [1.807, 2.05) is 18.2 Å². The molecule has 0 radical (unpaired) electrons. The van der Waals surface area contributed by atoms with Crippen LogP contribution < -0.4 is 15.6 Å². The number of pyridine rings is 2. The molecular weight excluding hydrogens is 421 g/mol. The minimum atomic E-state index is -0.432. The molecule has 0 aliphatic carbocycles. The summed E-state index contributed by atoms with van der Waals surface area (Å²) in [5.74, 6) is -0.324. The maximum atomic E-state index is 14.1. The first-order valence-electron chi connectivity index (χ1n) is 10.2. The van der Waals surface area contributed by atoms with Crippen molar-refractivity contribution in [2.24, 2.45) is 0 Å². The van der Waals surface area contributed by atoms with E-state index in [2.05, 4.69) is 15.3 Å². The highest BCUT2D eigenvalue weighted by molar-refractivity contribution is 6.12. The number of rotatable bonds is 4. The summed E-state index contributed by atoms with van der Waals surface area (Å²) in [6.07, 6.45) is 1.64. The van der Waals surface area contributed by atoms with E-state index in [9.17, 15) is 14.0 Å². The number of benzene rings is 3. The highest BCUT2D eigenvalue weighted by atomic mass is 19.1. The van der Waals surface area contributed by atoms with E-state index in [0.717, 1.165) is 16.3 Å². The molecule has 5 aromatic rings. The second-order valence-corrected chi connectivity index (χ2v) is 7.50. The van der Waals surface area contributed by atoms with Gasteiger partial charge in [-0.2, -0.15) is 0 Å². The normalized spacial score (nSPS) is 11.0. The van der Waals surface area contributed by atoms with Gasteiger partial charge in [0.25, 0.3) is 5.91 Å². The van der Waals surface area contributed by atoms with Crippen LogP contribution in [0.2, 0.25) is 0 Å². The monoisotopic (exact) mass is 439 g/mol. The quantitative estimate of drug-likeness (QED) is 0.406. The predicted octanol–water partition coefficient (Wildman–Crippen LogP) is 5.14. The topological polar surface area (TPSA) is 84.1 Å². The predicted molar refractivity (Wildman–Crippen MR) is 126 cm³/mol. The molecule has 3 aromatic carbocycles. The maximum Gasteiger partial charge on any atom is 0.257 e. The van der Waals surface area contributed by atoms with E-state index in [1.54, 1.807) is 48.7 Å². The Labute approximate surface area is 187 Å². The van der Waals surface area contributed by atoms with Crippen LogP contribution in [0.3, 0.4) is 0 Å². The zero-order valence-corrected chi connectivity index (χ0v) is 17.6. The number of carbonyl (C=O) groups excluding carboxylic acids is 1. The molecule has 0 spiro atoms. The molecule has 0 bridgehead atoms. The number of hydrogen-bond donors (Lipinski definition) is 2. The van der Waals surface area contributed by atoms with Gasteiger partial charge in [0.1, 0.15) is 5.82 Å². The van der Waals surface area contributed by atoms with E-state index >= 15 is 0 Å². The van der Waals surface area contributed by atoms with Crippen molar-refractivity contribution in [3.8, 4) is 16.9 Å². The van der Waals surface area contributed by atoms with Crippen molar-refractivity contribution in [3.63, 3.8) is 0 Å². The molecule has 0 aliphatic heterocycles. The molecule has 33 heavy (non-hydrogen) atoms. The van der Waals surface area contributed by atoms with Gasteiger partial charge in [-0.05, 0) is 35.2 Å². The zero-order valence-electron chi connectivity index (χ0n) is 17.6. The van der Waals surface area contributed by atoms with E-state index in [-0.39, 0.29) is 16.9 Å². The van der Waals surface area contributed by atoms with Crippen molar-refractivity contribution in [1.82, 2.24) is 9.97 Å². The number of H-pyrrole nitrogens is 1. The number of nitrogens with one attached hydrogen (secondary N) is 2. The van der Waals surface area contributed by atoms with Crippen LogP contribution in [0.15, 0.2) is 83.8 Å². The number of aromatic nitrogens is 2. The molecule has 0 unspecified atom stereocenters. The van der Waals surface area contributed by atoms with Gasteiger partial charge in [-0.3, -0.25) is 9.59 Å². The number of nitrogens with zero attached hydrogens (tertiary/aromatic N) is 1. The Morgan fingerprint density at radius 1 is 1.00 bits per heavy atom. The lowest BCUT2D eigenvalue weighted by Gasteiger charge is -2.11. The van der Waals surface area contributed by atoms with Gasteiger partial charge in [0.2, 0.25) is 5.56 Å². The third-order valence-electron chi connectivity index (χ3n) is 5.44. The number of carbonyl (C=O) groups is 1. The number of anilines is 1. The number of ether oxygens (including phenoxy) is 1. The van der Waals surface area contributed by atoms with Crippen LogP contribution in [-0.4, -0.2) is 23.0 Å². The van der Waals surface area contributed by atoms with Crippen molar-refractivity contribution in [3.05, 3.63) is 101 Å². The van der Waals surface area contributed by atoms with Crippen LogP contribution in [0, 0.1) is 5.82 Å². The fourth-order valence-electron chi connectivity index (χ4n) is 3.90. The third-order valence-corrected chi connectivity index (χ3v) is 5.44. The number of hydrogen-bond acceptors (Lipinski definition) is 4. The van der Waals surface area contributed by atoms with Crippen LogP contribution in [-0.2, 0) is 0 Å². The second-order valence-electron chi connectivity index (χ2n) is 7.50. The Morgan fingerprint density at radius 2 is 1.85 bits per heavy atom. The lowest BCUT2D eigenvalue weighted by atomic mass is 10.0. The molecule has 0 aliphatic rings. The smallest absolute Gasteiger partial charge is 0.257 e. The summed E-state index contributed by atoms with van der Waals surface area (Å²) in [5, 5.41) is 5.07. The van der Waals surface area contributed by atoms with Gasteiger partial charge >= 0.3 is 0 Å². The van der Waals surface area contributed by atoms with Crippen LogP contribution >= 0.6 is 0 Å². The summed E-state index contributed by atoms with van der Waals surface area (Å²) >= 11 is 0. The van der Waals surface area contributed by atoms with Crippen LogP contribution in [0.25, 0.3) is 32.8 Å². The Balaban J connectivity index is 1.48. The van der Waals surface area contributed by atoms with Gasteiger partial charge in [-0.25, -0.2) is 9.37 Å². The largest absolute Gasteiger partial charge is 0.493 e. The Hall–Kier alpha value is -4.52. The minimum Gasteiger partial charge on any atom is -0.493 e. The molecule has 2 heterocycles. The fraction of sp³-hybridized carbons (Fsp3) is 0.0385. The molecule has 1 amide bonds.